The van der Waals surface area contributed by atoms with Crippen molar-refractivity contribution in [1.29, 1.82) is 0 Å². The van der Waals surface area contributed by atoms with Crippen molar-refractivity contribution in [2.75, 3.05) is 13.7 Å². The fourth-order valence-electron chi connectivity index (χ4n) is 2.10. The maximum absolute atomic E-state index is 11.7. The highest BCUT2D eigenvalue weighted by Gasteiger charge is 2.30. The van der Waals surface area contributed by atoms with E-state index in [9.17, 15) is 4.79 Å². The van der Waals surface area contributed by atoms with Gasteiger partial charge in [0.05, 0.1) is 12.5 Å². The molecule has 0 saturated heterocycles. The summed E-state index contributed by atoms with van der Waals surface area (Å²) in [7, 11) is 1.39. The predicted molar refractivity (Wildman–Crippen MR) is 84.4 cm³/mol. The van der Waals surface area contributed by atoms with Gasteiger partial charge in [0, 0.05) is 6.04 Å². The Morgan fingerprint density at radius 3 is 2.62 bits per heavy atom. The van der Waals surface area contributed by atoms with Gasteiger partial charge in [0.1, 0.15) is 12.4 Å². The highest BCUT2D eigenvalue weighted by Crippen LogP contribution is 2.27. The van der Waals surface area contributed by atoms with Crippen molar-refractivity contribution < 1.29 is 14.3 Å². The molecule has 0 aliphatic heterocycles. The van der Waals surface area contributed by atoms with E-state index >= 15 is 0 Å². The molecule has 0 heterocycles. The minimum absolute atomic E-state index is 0.114. The summed E-state index contributed by atoms with van der Waals surface area (Å²) in [5.41, 5.74) is 7.51. The zero-order valence-corrected chi connectivity index (χ0v) is 13.7. The van der Waals surface area contributed by atoms with Crippen LogP contribution < -0.4 is 10.5 Å². The first-order valence-corrected chi connectivity index (χ1v) is 7.37. The van der Waals surface area contributed by atoms with E-state index in [0.717, 1.165) is 29.7 Å². The number of esters is 1. The smallest absolute Gasteiger partial charge is 0.314 e. The third kappa shape index (κ3) is 4.74. The van der Waals surface area contributed by atoms with Crippen LogP contribution in [0.5, 0.6) is 5.75 Å². The van der Waals surface area contributed by atoms with Crippen molar-refractivity contribution in [3.8, 4) is 5.75 Å². The van der Waals surface area contributed by atoms with E-state index in [1.807, 2.05) is 39.0 Å². The number of benzene rings is 1. The van der Waals surface area contributed by atoms with Crippen molar-refractivity contribution in [1.82, 2.24) is 0 Å². The molecule has 0 radical (unpaired) electrons. The van der Waals surface area contributed by atoms with Crippen molar-refractivity contribution in [3.05, 3.63) is 29.3 Å². The Hall–Kier alpha value is -1.55. The lowest BCUT2D eigenvalue weighted by Crippen LogP contribution is -2.32. The van der Waals surface area contributed by atoms with Crippen LogP contribution in [0.1, 0.15) is 38.3 Å². The van der Waals surface area contributed by atoms with E-state index < -0.39 is 5.41 Å². The van der Waals surface area contributed by atoms with Gasteiger partial charge in [-0.05, 0) is 44.7 Å². The number of carbonyl (C=O) groups excluding carboxylic acids is 1. The van der Waals surface area contributed by atoms with Crippen LogP contribution in [-0.2, 0) is 16.0 Å². The molecule has 2 N–H and O–H groups in total. The van der Waals surface area contributed by atoms with Gasteiger partial charge in [0.15, 0.2) is 0 Å². The van der Waals surface area contributed by atoms with Crippen LogP contribution in [0.3, 0.4) is 0 Å². The molecule has 1 aromatic rings. The molecule has 4 nitrogen and oxygen atoms in total. The maximum atomic E-state index is 11.7. The number of ether oxygens (including phenoxy) is 2. The monoisotopic (exact) mass is 293 g/mol. The van der Waals surface area contributed by atoms with Gasteiger partial charge in [-0.1, -0.05) is 25.1 Å². The SMILES string of the molecule is CCC(N)Cc1cccc(C)c1OCC(C)(C)C(=O)OC. The lowest BCUT2D eigenvalue weighted by Gasteiger charge is -2.24. The average molecular weight is 293 g/mol. The van der Waals surface area contributed by atoms with Crippen LogP contribution in [0.25, 0.3) is 0 Å². The molecule has 0 saturated carbocycles. The van der Waals surface area contributed by atoms with Crippen molar-refractivity contribution in [2.24, 2.45) is 11.1 Å². The van der Waals surface area contributed by atoms with Gasteiger partial charge in [-0.15, -0.1) is 0 Å². The summed E-state index contributed by atoms with van der Waals surface area (Å²) < 4.78 is 10.8. The Kier molecular flexibility index (Phi) is 6.21. The van der Waals surface area contributed by atoms with Crippen molar-refractivity contribution in [2.45, 2.75) is 46.6 Å². The summed E-state index contributed by atoms with van der Waals surface area (Å²) in [5.74, 6) is 0.557. The first-order valence-electron chi connectivity index (χ1n) is 7.37. The summed E-state index contributed by atoms with van der Waals surface area (Å²) in [5, 5.41) is 0. The van der Waals surface area contributed by atoms with Crippen LogP contribution >= 0.6 is 0 Å². The molecule has 1 rings (SSSR count). The zero-order valence-electron chi connectivity index (χ0n) is 13.7. The lowest BCUT2D eigenvalue weighted by molar-refractivity contribution is -0.152. The van der Waals surface area contributed by atoms with Gasteiger partial charge in [-0.25, -0.2) is 0 Å². The van der Waals surface area contributed by atoms with Gasteiger partial charge < -0.3 is 15.2 Å². The second-order valence-electron chi connectivity index (χ2n) is 6.10. The molecule has 1 aromatic carbocycles. The third-order valence-corrected chi connectivity index (χ3v) is 3.62. The molecule has 1 unspecified atom stereocenters. The number of hydrogen-bond donors (Lipinski definition) is 1. The molecule has 0 aliphatic rings. The van der Waals surface area contributed by atoms with Crippen molar-refractivity contribution in [3.63, 3.8) is 0 Å². The van der Waals surface area contributed by atoms with E-state index in [4.69, 9.17) is 15.2 Å². The van der Waals surface area contributed by atoms with E-state index in [0.29, 0.717) is 0 Å². The Labute approximate surface area is 127 Å². The number of para-hydroxylation sites is 1. The number of methoxy groups -OCH3 is 1. The van der Waals surface area contributed by atoms with Crippen LogP contribution in [0, 0.1) is 12.3 Å². The van der Waals surface area contributed by atoms with E-state index in [2.05, 4.69) is 6.92 Å². The first kappa shape index (κ1) is 17.5. The molecule has 0 aliphatic carbocycles. The second kappa shape index (κ2) is 7.46. The molecular formula is C17H27NO3. The second-order valence-corrected chi connectivity index (χ2v) is 6.10. The summed E-state index contributed by atoms with van der Waals surface area (Å²) >= 11 is 0. The van der Waals surface area contributed by atoms with Crippen LogP contribution in [0.4, 0.5) is 0 Å². The minimum Gasteiger partial charge on any atom is -0.492 e. The Morgan fingerprint density at radius 2 is 2.05 bits per heavy atom. The summed E-state index contributed by atoms with van der Waals surface area (Å²) in [6.45, 7) is 7.98. The normalized spacial score (nSPS) is 12.9. The molecule has 0 spiro atoms. The van der Waals surface area contributed by atoms with E-state index in [1.165, 1.54) is 7.11 Å². The largest absolute Gasteiger partial charge is 0.492 e. The predicted octanol–water partition coefficient (Wildman–Crippen LogP) is 2.85. The van der Waals surface area contributed by atoms with E-state index in [1.54, 1.807) is 0 Å². The minimum atomic E-state index is -0.679. The Balaban J connectivity index is 2.89. The molecule has 0 aromatic heterocycles. The van der Waals surface area contributed by atoms with Gasteiger partial charge in [-0.2, -0.15) is 0 Å². The molecule has 21 heavy (non-hydrogen) atoms. The average Bonchev–Trinajstić information content (AvgIpc) is 2.45. The van der Waals surface area contributed by atoms with Gasteiger partial charge in [-0.3, -0.25) is 4.79 Å². The summed E-state index contributed by atoms with van der Waals surface area (Å²) in [6, 6.07) is 6.15. The molecule has 0 fully saturated rings. The van der Waals surface area contributed by atoms with Crippen LogP contribution in [0.2, 0.25) is 0 Å². The van der Waals surface area contributed by atoms with Crippen LogP contribution in [0.15, 0.2) is 18.2 Å². The molecule has 118 valence electrons. The van der Waals surface area contributed by atoms with Gasteiger partial charge >= 0.3 is 5.97 Å². The summed E-state index contributed by atoms with van der Waals surface area (Å²) in [6.07, 6.45) is 1.69. The maximum Gasteiger partial charge on any atom is 0.314 e. The zero-order chi connectivity index (χ0) is 16.0. The first-order chi connectivity index (χ1) is 9.81. The fourth-order valence-corrected chi connectivity index (χ4v) is 2.10. The van der Waals surface area contributed by atoms with Gasteiger partial charge in [0.2, 0.25) is 0 Å². The third-order valence-electron chi connectivity index (χ3n) is 3.62. The number of hydrogen-bond acceptors (Lipinski definition) is 4. The van der Waals surface area contributed by atoms with Crippen LogP contribution in [-0.4, -0.2) is 25.7 Å². The molecule has 1 atom stereocenters. The number of carbonyl (C=O) groups is 1. The highest BCUT2D eigenvalue weighted by molar-refractivity contribution is 5.75. The number of aryl methyl sites for hydroxylation is 1. The lowest BCUT2D eigenvalue weighted by atomic mass is 9.95. The van der Waals surface area contributed by atoms with Crippen molar-refractivity contribution >= 4 is 5.97 Å². The van der Waals surface area contributed by atoms with Gasteiger partial charge in [0.25, 0.3) is 0 Å². The summed E-state index contributed by atoms with van der Waals surface area (Å²) in [4.78, 5) is 11.7. The Morgan fingerprint density at radius 1 is 1.38 bits per heavy atom. The Bertz CT molecular complexity index is 483. The topological polar surface area (TPSA) is 61.5 Å². The fraction of sp³-hybridized carbons (Fsp3) is 0.588. The number of rotatable bonds is 7. The molecular weight excluding hydrogens is 266 g/mol. The number of nitrogens with two attached hydrogens (primary N) is 1. The standard InChI is InChI=1S/C17H27NO3/c1-6-14(18)10-13-9-7-8-12(2)15(13)21-11-17(3,4)16(19)20-5/h7-9,14H,6,10-11,18H2,1-5H3. The van der Waals surface area contributed by atoms with E-state index in [-0.39, 0.29) is 18.6 Å². The quantitative estimate of drug-likeness (QED) is 0.785. The highest BCUT2D eigenvalue weighted by atomic mass is 16.5. The molecule has 0 bridgehead atoms. The molecule has 0 amide bonds. The molecule has 4 heteroatoms.